The molecule has 1 aliphatic rings. The largest absolute Gasteiger partial charge is 0.370 e. The second-order valence-electron chi connectivity index (χ2n) is 7.02. The summed E-state index contributed by atoms with van der Waals surface area (Å²) in [6.07, 6.45) is 2.77. The lowest BCUT2D eigenvalue weighted by atomic mass is 9.92. The molecule has 0 bridgehead atoms. The molecule has 112 valence electrons. The van der Waals surface area contributed by atoms with Crippen LogP contribution >= 0.6 is 0 Å². The fourth-order valence-corrected chi connectivity index (χ4v) is 2.15. The van der Waals surface area contributed by atoms with Gasteiger partial charge in [-0.1, -0.05) is 20.8 Å². The predicted octanol–water partition coefficient (Wildman–Crippen LogP) is 2.07. The quantitative estimate of drug-likeness (QED) is 0.892. The molecule has 0 aromatic carbocycles. The Morgan fingerprint density at radius 2 is 2.00 bits per heavy atom. The molecule has 0 aliphatic carbocycles. The zero-order valence-corrected chi connectivity index (χ0v) is 13.3. The summed E-state index contributed by atoms with van der Waals surface area (Å²) < 4.78 is 0. The van der Waals surface area contributed by atoms with Crippen LogP contribution in [0, 0.1) is 5.41 Å². The Labute approximate surface area is 122 Å². The second kappa shape index (κ2) is 5.95. The van der Waals surface area contributed by atoms with E-state index in [2.05, 4.69) is 66.0 Å². The van der Waals surface area contributed by atoms with Crippen molar-refractivity contribution in [1.29, 1.82) is 0 Å². The van der Waals surface area contributed by atoms with Crippen LogP contribution in [0.15, 0.2) is 12.4 Å². The highest BCUT2D eigenvalue weighted by molar-refractivity contribution is 5.50. The summed E-state index contributed by atoms with van der Waals surface area (Å²) in [5, 5.41) is 3.39. The Morgan fingerprint density at radius 1 is 1.30 bits per heavy atom. The predicted molar refractivity (Wildman–Crippen MR) is 84.3 cm³/mol. The number of hydrogen-bond donors (Lipinski definition) is 1. The van der Waals surface area contributed by atoms with E-state index in [0.29, 0.717) is 11.5 Å². The molecule has 1 fully saturated rings. The molecule has 1 aliphatic heterocycles. The molecule has 20 heavy (non-hydrogen) atoms. The number of aromatic nitrogens is 2. The van der Waals surface area contributed by atoms with Crippen molar-refractivity contribution < 1.29 is 0 Å². The Kier molecular flexibility index (Phi) is 4.48. The molecule has 0 spiro atoms. The van der Waals surface area contributed by atoms with Gasteiger partial charge in [0.1, 0.15) is 18.0 Å². The summed E-state index contributed by atoms with van der Waals surface area (Å²) in [5.74, 6) is 1.95. The first-order valence-corrected chi connectivity index (χ1v) is 7.32. The molecule has 1 aromatic heterocycles. The third-order valence-electron chi connectivity index (χ3n) is 3.75. The second-order valence-corrected chi connectivity index (χ2v) is 7.02. The van der Waals surface area contributed by atoms with E-state index < -0.39 is 0 Å². The molecule has 2 rings (SSSR count). The Morgan fingerprint density at radius 3 is 2.60 bits per heavy atom. The van der Waals surface area contributed by atoms with E-state index in [0.717, 1.165) is 37.7 Å². The van der Waals surface area contributed by atoms with Crippen LogP contribution in [0.4, 0.5) is 11.6 Å². The maximum absolute atomic E-state index is 4.37. The lowest BCUT2D eigenvalue weighted by Crippen LogP contribution is -2.57. The first-order valence-electron chi connectivity index (χ1n) is 7.32. The van der Waals surface area contributed by atoms with Gasteiger partial charge in [-0.25, -0.2) is 9.97 Å². The molecule has 1 N–H and O–H groups in total. The fraction of sp³-hybridized carbons (Fsp3) is 0.733. The fourth-order valence-electron chi connectivity index (χ4n) is 2.15. The van der Waals surface area contributed by atoms with Crippen molar-refractivity contribution in [3.63, 3.8) is 0 Å². The smallest absolute Gasteiger partial charge is 0.134 e. The molecule has 2 heterocycles. The normalized spacial score (nSPS) is 16.4. The van der Waals surface area contributed by atoms with Gasteiger partial charge in [-0.2, -0.15) is 0 Å². The number of nitrogens with zero attached hydrogens (tertiary/aromatic N) is 4. The molecular formula is C15H27N5. The van der Waals surface area contributed by atoms with Crippen LogP contribution in [0.5, 0.6) is 0 Å². The van der Waals surface area contributed by atoms with Gasteiger partial charge in [-0.3, -0.25) is 0 Å². The highest BCUT2D eigenvalue weighted by Crippen LogP contribution is 2.22. The zero-order chi connectivity index (χ0) is 14.8. The molecule has 0 amide bonds. The molecule has 1 saturated heterocycles. The van der Waals surface area contributed by atoms with Crippen LogP contribution in [0.2, 0.25) is 0 Å². The number of hydrogen-bond acceptors (Lipinski definition) is 5. The Hall–Kier alpha value is -1.36. The Bertz CT molecular complexity index is 432. The van der Waals surface area contributed by atoms with Crippen molar-refractivity contribution in [2.24, 2.45) is 5.41 Å². The van der Waals surface area contributed by atoms with Crippen molar-refractivity contribution in [2.75, 3.05) is 43.9 Å². The van der Waals surface area contributed by atoms with E-state index >= 15 is 0 Å². The highest BCUT2D eigenvalue weighted by Gasteiger charge is 2.29. The van der Waals surface area contributed by atoms with E-state index in [1.807, 2.05) is 0 Å². The minimum atomic E-state index is 0.346. The lowest BCUT2D eigenvalue weighted by Gasteiger charge is -2.43. The van der Waals surface area contributed by atoms with Gasteiger partial charge in [0.25, 0.3) is 0 Å². The van der Waals surface area contributed by atoms with E-state index in [9.17, 15) is 0 Å². The van der Waals surface area contributed by atoms with Crippen LogP contribution < -0.4 is 10.2 Å². The van der Waals surface area contributed by atoms with Gasteiger partial charge >= 0.3 is 0 Å². The monoisotopic (exact) mass is 277 g/mol. The summed E-state index contributed by atoms with van der Waals surface area (Å²) in [7, 11) is 4.25. The van der Waals surface area contributed by atoms with Crippen molar-refractivity contribution in [3.05, 3.63) is 12.4 Å². The lowest BCUT2D eigenvalue weighted by molar-refractivity contribution is 0.246. The van der Waals surface area contributed by atoms with Gasteiger partial charge in [0.05, 0.1) is 0 Å². The van der Waals surface area contributed by atoms with Crippen LogP contribution in [0.25, 0.3) is 0 Å². The van der Waals surface area contributed by atoms with Crippen LogP contribution in [-0.2, 0) is 0 Å². The molecule has 0 radical (unpaired) electrons. The van der Waals surface area contributed by atoms with Gasteiger partial charge in [-0.05, 0) is 25.9 Å². The SMILES string of the molecule is CN(C)C1CN(c2cc(NCCC(C)(C)C)ncn2)C1. The molecule has 0 unspecified atom stereocenters. The van der Waals surface area contributed by atoms with Crippen LogP contribution in [-0.4, -0.2) is 54.6 Å². The molecule has 0 atom stereocenters. The number of anilines is 2. The molecule has 1 aromatic rings. The third kappa shape index (κ3) is 4.07. The van der Waals surface area contributed by atoms with Crippen LogP contribution in [0.3, 0.4) is 0 Å². The van der Waals surface area contributed by atoms with Gasteiger partial charge in [0.2, 0.25) is 0 Å². The van der Waals surface area contributed by atoms with Crippen molar-refractivity contribution in [2.45, 2.75) is 33.2 Å². The zero-order valence-electron chi connectivity index (χ0n) is 13.3. The maximum Gasteiger partial charge on any atom is 0.134 e. The molecular weight excluding hydrogens is 250 g/mol. The summed E-state index contributed by atoms with van der Waals surface area (Å²) in [6, 6.07) is 2.69. The molecule has 5 heteroatoms. The average Bonchev–Trinajstić information content (AvgIpc) is 2.25. The summed E-state index contributed by atoms with van der Waals surface area (Å²) >= 11 is 0. The number of nitrogens with one attached hydrogen (secondary N) is 1. The van der Waals surface area contributed by atoms with Gasteiger partial charge in [0, 0.05) is 31.7 Å². The number of rotatable bonds is 5. The van der Waals surface area contributed by atoms with Gasteiger partial charge in [0.15, 0.2) is 0 Å². The van der Waals surface area contributed by atoms with E-state index in [4.69, 9.17) is 0 Å². The van der Waals surface area contributed by atoms with Crippen molar-refractivity contribution in [3.8, 4) is 0 Å². The summed E-state index contributed by atoms with van der Waals surface area (Å²) in [4.78, 5) is 13.2. The standard InChI is InChI=1S/C15H27N5/c1-15(2,3)6-7-16-13-8-14(18-11-17-13)20-9-12(10-20)19(4)5/h8,11-12H,6-7,9-10H2,1-5H3,(H,16,17,18). The third-order valence-corrected chi connectivity index (χ3v) is 3.75. The van der Waals surface area contributed by atoms with Gasteiger partial charge in [-0.15, -0.1) is 0 Å². The minimum Gasteiger partial charge on any atom is -0.370 e. The van der Waals surface area contributed by atoms with E-state index in [1.54, 1.807) is 6.33 Å². The first kappa shape index (κ1) is 15.0. The van der Waals surface area contributed by atoms with E-state index in [-0.39, 0.29) is 0 Å². The molecule has 0 saturated carbocycles. The van der Waals surface area contributed by atoms with Crippen LogP contribution in [0.1, 0.15) is 27.2 Å². The highest BCUT2D eigenvalue weighted by atomic mass is 15.3. The first-order chi connectivity index (χ1) is 9.35. The average molecular weight is 277 g/mol. The van der Waals surface area contributed by atoms with E-state index in [1.165, 1.54) is 0 Å². The van der Waals surface area contributed by atoms with Crippen molar-refractivity contribution >= 4 is 11.6 Å². The minimum absolute atomic E-state index is 0.346. The van der Waals surface area contributed by atoms with Gasteiger partial charge < -0.3 is 15.1 Å². The number of likely N-dealkylation sites (N-methyl/N-ethyl adjacent to an activating group) is 1. The summed E-state index contributed by atoms with van der Waals surface area (Å²) in [5.41, 5.74) is 0.346. The maximum atomic E-state index is 4.37. The molecule has 5 nitrogen and oxygen atoms in total. The Balaban J connectivity index is 1.86. The van der Waals surface area contributed by atoms with Crippen molar-refractivity contribution in [1.82, 2.24) is 14.9 Å². The summed E-state index contributed by atoms with van der Waals surface area (Å²) in [6.45, 7) is 9.79. The topological polar surface area (TPSA) is 44.3 Å².